The summed E-state index contributed by atoms with van der Waals surface area (Å²) >= 11 is 0. The van der Waals surface area contributed by atoms with Crippen LogP contribution in [0.4, 0.5) is 8.78 Å². The van der Waals surface area contributed by atoms with Gasteiger partial charge in [0.15, 0.2) is 0 Å². The molecule has 1 aliphatic rings. The highest BCUT2D eigenvalue weighted by molar-refractivity contribution is 5.56. The van der Waals surface area contributed by atoms with E-state index in [0.29, 0.717) is 12.7 Å². The number of aliphatic imine (C=N–C) groups is 1. The van der Waals surface area contributed by atoms with Crippen LogP contribution in [-0.4, -0.2) is 29.7 Å². The van der Waals surface area contributed by atoms with Gasteiger partial charge in [-0.15, -0.1) is 0 Å². The molecular weight excluding hydrogens is 266 g/mol. The second-order valence-electron chi connectivity index (χ2n) is 4.64. The zero-order valence-electron chi connectivity index (χ0n) is 10.8. The van der Waals surface area contributed by atoms with Gasteiger partial charge in [0.1, 0.15) is 30.2 Å². The Labute approximate surface area is 115 Å². The van der Waals surface area contributed by atoms with Gasteiger partial charge in [-0.1, -0.05) is 6.07 Å². The van der Waals surface area contributed by atoms with Crippen LogP contribution >= 0.6 is 0 Å². The molecule has 0 fully saturated rings. The minimum absolute atomic E-state index is 0.0756. The Kier molecular flexibility index (Phi) is 3.97. The van der Waals surface area contributed by atoms with E-state index in [1.807, 2.05) is 6.07 Å². The van der Waals surface area contributed by atoms with Crippen molar-refractivity contribution in [3.63, 3.8) is 0 Å². The van der Waals surface area contributed by atoms with Gasteiger partial charge in [-0.2, -0.15) is 5.26 Å². The van der Waals surface area contributed by atoms with E-state index in [4.69, 9.17) is 5.26 Å². The van der Waals surface area contributed by atoms with Crippen LogP contribution in [0.5, 0.6) is 0 Å². The van der Waals surface area contributed by atoms with E-state index < -0.39 is 23.2 Å². The van der Waals surface area contributed by atoms with Crippen molar-refractivity contribution in [2.45, 2.75) is 12.5 Å². The van der Waals surface area contributed by atoms with E-state index in [9.17, 15) is 13.9 Å². The highest BCUT2D eigenvalue weighted by Crippen LogP contribution is 2.32. The van der Waals surface area contributed by atoms with E-state index in [-0.39, 0.29) is 12.1 Å². The average molecular weight is 280 g/mol. The van der Waals surface area contributed by atoms with Gasteiger partial charge >= 0.3 is 0 Å². The van der Waals surface area contributed by atoms with E-state index in [2.05, 4.69) is 10.4 Å². The number of halogens is 2. The highest BCUT2D eigenvalue weighted by Gasteiger charge is 2.40. The van der Waals surface area contributed by atoms with Gasteiger partial charge in [0.05, 0.1) is 18.5 Å². The SMILES string of the molecule is CC(C#N)C(O)(CN1C=NCN1)c1ccc(F)cc1F. The highest BCUT2D eigenvalue weighted by atomic mass is 19.1. The van der Waals surface area contributed by atoms with Crippen molar-refractivity contribution in [1.29, 1.82) is 5.26 Å². The third kappa shape index (κ3) is 2.61. The van der Waals surface area contributed by atoms with Crippen molar-refractivity contribution in [2.75, 3.05) is 13.2 Å². The summed E-state index contributed by atoms with van der Waals surface area (Å²) in [7, 11) is 0. The van der Waals surface area contributed by atoms with Crippen LogP contribution in [0.1, 0.15) is 12.5 Å². The molecule has 1 aromatic carbocycles. The van der Waals surface area contributed by atoms with Gasteiger partial charge in [-0.25, -0.2) is 14.2 Å². The van der Waals surface area contributed by atoms with E-state index >= 15 is 0 Å². The lowest BCUT2D eigenvalue weighted by Crippen LogP contribution is -2.48. The maximum absolute atomic E-state index is 13.9. The Balaban J connectivity index is 2.40. The molecule has 1 heterocycles. The van der Waals surface area contributed by atoms with Crippen molar-refractivity contribution in [3.05, 3.63) is 35.4 Å². The third-order valence-electron chi connectivity index (χ3n) is 3.31. The standard InChI is InChI=1S/C13H14F2N4O/c1-9(5-16)13(20,6-19-8-17-7-18-19)11-3-2-10(14)4-12(11)15/h2-4,8-9,18,20H,6-7H2,1H3. The molecule has 2 N–H and O–H groups in total. The summed E-state index contributed by atoms with van der Waals surface area (Å²) < 4.78 is 26.9. The fraction of sp³-hybridized carbons (Fsp3) is 0.385. The van der Waals surface area contributed by atoms with Crippen molar-refractivity contribution in [1.82, 2.24) is 10.4 Å². The van der Waals surface area contributed by atoms with Gasteiger partial charge in [-0.3, -0.25) is 10.0 Å². The lowest BCUT2D eigenvalue weighted by atomic mass is 9.82. The summed E-state index contributed by atoms with van der Waals surface area (Å²) in [5, 5.41) is 21.3. The predicted octanol–water partition coefficient (Wildman–Crippen LogP) is 1.12. The largest absolute Gasteiger partial charge is 0.382 e. The number of hydrogen-bond acceptors (Lipinski definition) is 5. The van der Waals surface area contributed by atoms with Gasteiger partial charge in [-0.05, 0) is 13.0 Å². The predicted molar refractivity (Wildman–Crippen MR) is 68.2 cm³/mol. The number of β-amino-alcohol motifs (C(OH)–C–C–N with tert-alkyl or cyclic N) is 1. The quantitative estimate of drug-likeness (QED) is 0.867. The molecule has 0 aromatic heterocycles. The fourth-order valence-corrected chi connectivity index (χ4v) is 2.07. The molecule has 20 heavy (non-hydrogen) atoms. The molecule has 2 atom stereocenters. The summed E-state index contributed by atoms with van der Waals surface area (Å²) in [4.78, 5) is 3.91. The number of nitrogens with zero attached hydrogens (tertiary/aromatic N) is 3. The smallest absolute Gasteiger partial charge is 0.132 e. The molecule has 1 aromatic rings. The first-order valence-electron chi connectivity index (χ1n) is 6.05. The van der Waals surface area contributed by atoms with Gasteiger partial charge < -0.3 is 5.11 Å². The lowest BCUT2D eigenvalue weighted by molar-refractivity contribution is -0.0229. The summed E-state index contributed by atoms with van der Waals surface area (Å²) in [5.41, 5.74) is 0.939. The Morgan fingerprint density at radius 3 is 2.90 bits per heavy atom. The molecule has 5 nitrogen and oxygen atoms in total. The van der Waals surface area contributed by atoms with Crippen LogP contribution in [0.25, 0.3) is 0 Å². The molecule has 0 bridgehead atoms. The van der Waals surface area contributed by atoms with E-state index in [1.54, 1.807) is 0 Å². The number of hydrogen-bond donors (Lipinski definition) is 2. The van der Waals surface area contributed by atoms with E-state index in [0.717, 1.165) is 12.1 Å². The zero-order chi connectivity index (χ0) is 14.8. The fourth-order valence-electron chi connectivity index (χ4n) is 2.07. The van der Waals surface area contributed by atoms with Gasteiger partial charge in [0.2, 0.25) is 0 Å². The molecule has 0 amide bonds. The molecule has 2 rings (SSSR count). The Hall–Kier alpha value is -2.04. The van der Waals surface area contributed by atoms with Crippen LogP contribution in [-0.2, 0) is 5.60 Å². The van der Waals surface area contributed by atoms with Crippen LogP contribution < -0.4 is 5.43 Å². The van der Waals surface area contributed by atoms with Crippen molar-refractivity contribution in [3.8, 4) is 6.07 Å². The molecule has 0 saturated carbocycles. The molecular formula is C13H14F2N4O. The number of nitriles is 1. The number of nitrogens with one attached hydrogen (secondary N) is 1. The molecule has 106 valence electrons. The molecule has 7 heteroatoms. The molecule has 0 saturated heterocycles. The third-order valence-corrected chi connectivity index (χ3v) is 3.31. The first-order chi connectivity index (χ1) is 9.47. The molecule has 0 spiro atoms. The number of aliphatic hydroxyl groups is 1. The maximum atomic E-state index is 13.9. The molecule has 0 aliphatic carbocycles. The minimum atomic E-state index is -1.78. The monoisotopic (exact) mass is 280 g/mol. The van der Waals surface area contributed by atoms with Crippen LogP contribution in [0.15, 0.2) is 23.2 Å². The van der Waals surface area contributed by atoms with Crippen LogP contribution in [0.3, 0.4) is 0 Å². The first-order valence-corrected chi connectivity index (χ1v) is 6.05. The second kappa shape index (κ2) is 5.53. The summed E-state index contributed by atoms with van der Waals surface area (Å²) in [6.07, 6.45) is 1.45. The van der Waals surface area contributed by atoms with Crippen molar-refractivity contribution < 1.29 is 13.9 Å². The van der Waals surface area contributed by atoms with Crippen molar-refractivity contribution >= 4 is 6.34 Å². The van der Waals surface area contributed by atoms with Gasteiger partial charge in [0.25, 0.3) is 0 Å². The summed E-state index contributed by atoms with van der Waals surface area (Å²) in [5.74, 6) is -2.51. The van der Waals surface area contributed by atoms with Gasteiger partial charge in [0, 0.05) is 11.6 Å². The Bertz CT molecular complexity index is 572. The minimum Gasteiger partial charge on any atom is -0.382 e. The Morgan fingerprint density at radius 2 is 2.35 bits per heavy atom. The average Bonchev–Trinajstić information content (AvgIpc) is 2.90. The summed E-state index contributed by atoms with van der Waals surface area (Å²) in [6, 6.07) is 4.81. The molecule has 1 aliphatic heterocycles. The van der Waals surface area contributed by atoms with E-state index in [1.165, 1.54) is 18.3 Å². The topological polar surface area (TPSA) is 71.6 Å². The van der Waals surface area contributed by atoms with Crippen LogP contribution in [0, 0.1) is 28.9 Å². The Morgan fingerprint density at radius 1 is 1.60 bits per heavy atom. The molecule has 0 radical (unpaired) electrons. The number of hydrazine groups is 1. The number of rotatable bonds is 4. The zero-order valence-corrected chi connectivity index (χ0v) is 10.8. The summed E-state index contributed by atoms with van der Waals surface area (Å²) in [6.45, 7) is 1.76. The normalized spacial score (nSPS) is 18.6. The maximum Gasteiger partial charge on any atom is 0.132 e. The molecule has 2 unspecified atom stereocenters. The number of benzene rings is 1. The van der Waals surface area contributed by atoms with Crippen molar-refractivity contribution in [2.24, 2.45) is 10.9 Å². The van der Waals surface area contributed by atoms with Crippen LogP contribution in [0.2, 0.25) is 0 Å². The lowest BCUT2D eigenvalue weighted by Gasteiger charge is -2.34. The first kappa shape index (κ1) is 14.4. The second-order valence-corrected chi connectivity index (χ2v) is 4.64.